The molecule has 0 fully saturated rings. The Balaban J connectivity index is 1.44. The number of nitrogens with one attached hydrogen (secondary N) is 1. The Bertz CT molecular complexity index is 1750. The maximum Gasteiger partial charge on any atom is 0.284 e. The van der Waals surface area contributed by atoms with Crippen molar-refractivity contribution >= 4 is 22.5 Å². The number of ether oxygens (including phenoxy) is 2. The van der Waals surface area contributed by atoms with Crippen LogP contribution in [0.2, 0.25) is 0 Å². The molecular formula is C28H22F2N4O4. The maximum atomic E-state index is 15.0. The second-order valence-electron chi connectivity index (χ2n) is 8.42. The third kappa shape index (κ3) is 4.26. The number of nitrogens with zero attached hydrogens (tertiary/aromatic N) is 3. The number of anilines is 1. The third-order valence-corrected chi connectivity index (χ3v) is 6.21. The zero-order chi connectivity index (χ0) is 27.0. The highest BCUT2D eigenvalue weighted by Gasteiger charge is 2.24. The van der Waals surface area contributed by atoms with Crippen LogP contribution in [-0.4, -0.2) is 27.4 Å². The van der Waals surface area contributed by atoms with Crippen molar-refractivity contribution in [1.82, 2.24) is 14.3 Å². The van der Waals surface area contributed by atoms with Crippen LogP contribution in [0.5, 0.6) is 17.2 Å². The Hall–Kier alpha value is -4.99. The van der Waals surface area contributed by atoms with E-state index in [0.29, 0.717) is 28.0 Å². The number of rotatable bonds is 6. The predicted octanol–water partition coefficient (Wildman–Crippen LogP) is 5.36. The molecular weight excluding hydrogens is 494 g/mol. The first-order valence-electron chi connectivity index (χ1n) is 11.5. The van der Waals surface area contributed by atoms with Crippen LogP contribution in [0.15, 0.2) is 77.7 Å². The molecule has 1 amide bonds. The first-order chi connectivity index (χ1) is 18.3. The summed E-state index contributed by atoms with van der Waals surface area (Å²) in [5, 5.41) is 2.88. The standard InChI is InChI=1S/C28H22F2N4O4/c1-16-24(28(36)34(33(16)2)17-7-5-4-6-8-17)27(35)32-20-11-12-23(26(30)25(20)29)38-22-13-14-31-21-15-18(37-3)9-10-19(21)22/h4-15H,1-3H3,(H,32,35). The highest BCUT2D eigenvalue weighted by atomic mass is 19.2. The summed E-state index contributed by atoms with van der Waals surface area (Å²) in [6, 6.07) is 17.7. The molecule has 8 nitrogen and oxygen atoms in total. The molecule has 0 radical (unpaired) electrons. The van der Waals surface area contributed by atoms with Gasteiger partial charge in [-0.05, 0) is 49.4 Å². The van der Waals surface area contributed by atoms with Crippen LogP contribution in [0.4, 0.5) is 14.5 Å². The number of carbonyl (C=O) groups is 1. The summed E-state index contributed by atoms with van der Waals surface area (Å²) in [6.45, 7) is 1.60. The van der Waals surface area contributed by atoms with Crippen LogP contribution in [-0.2, 0) is 7.05 Å². The summed E-state index contributed by atoms with van der Waals surface area (Å²) < 4.78 is 43.7. The number of amides is 1. The summed E-state index contributed by atoms with van der Waals surface area (Å²) >= 11 is 0. The lowest BCUT2D eigenvalue weighted by atomic mass is 10.2. The largest absolute Gasteiger partial charge is 0.497 e. The van der Waals surface area contributed by atoms with Crippen LogP contribution in [0.1, 0.15) is 16.1 Å². The molecule has 38 heavy (non-hydrogen) atoms. The van der Waals surface area contributed by atoms with Gasteiger partial charge in [0.1, 0.15) is 17.1 Å². The molecule has 0 unspecified atom stereocenters. The molecule has 2 aromatic heterocycles. The van der Waals surface area contributed by atoms with Crippen molar-refractivity contribution in [3.8, 4) is 22.9 Å². The van der Waals surface area contributed by atoms with Crippen molar-refractivity contribution < 1.29 is 23.0 Å². The SMILES string of the molecule is COc1ccc2c(Oc3ccc(NC(=O)c4c(C)n(C)n(-c5ccccc5)c4=O)c(F)c3F)ccnc2c1. The van der Waals surface area contributed by atoms with E-state index in [4.69, 9.17) is 9.47 Å². The molecule has 5 aromatic rings. The van der Waals surface area contributed by atoms with E-state index in [2.05, 4.69) is 10.3 Å². The molecule has 0 aliphatic heterocycles. The molecule has 0 aliphatic rings. The molecule has 1 N–H and O–H groups in total. The van der Waals surface area contributed by atoms with Gasteiger partial charge in [-0.15, -0.1) is 0 Å². The lowest BCUT2D eigenvalue weighted by Crippen LogP contribution is -2.25. The number of hydrogen-bond acceptors (Lipinski definition) is 5. The molecule has 0 spiro atoms. The Morgan fingerprint density at radius 1 is 0.974 bits per heavy atom. The first kappa shape index (κ1) is 24.7. The van der Waals surface area contributed by atoms with Gasteiger partial charge in [0.25, 0.3) is 11.5 Å². The topological polar surface area (TPSA) is 87.4 Å². The average molecular weight is 517 g/mol. The lowest BCUT2D eigenvalue weighted by Gasteiger charge is -2.12. The molecule has 3 aromatic carbocycles. The molecule has 2 heterocycles. The Morgan fingerprint density at radius 3 is 2.47 bits per heavy atom. The van der Waals surface area contributed by atoms with Crippen LogP contribution in [0, 0.1) is 18.6 Å². The summed E-state index contributed by atoms with van der Waals surface area (Å²) in [4.78, 5) is 30.3. The van der Waals surface area contributed by atoms with Gasteiger partial charge in [-0.25, -0.2) is 9.07 Å². The van der Waals surface area contributed by atoms with Crippen LogP contribution >= 0.6 is 0 Å². The molecule has 10 heteroatoms. The van der Waals surface area contributed by atoms with Gasteiger partial charge in [0.2, 0.25) is 5.82 Å². The summed E-state index contributed by atoms with van der Waals surface area (Å²) in [7, 11) is 3.16. The number of aromatic nitrogens is 3. The molecule has 0 saturated heterocycles. The fourth-order valence-electron chi connectivity index (χ4n) is 4.16. The molecule has 0 bridgehead atoms. The smallest absolute Gasteiger partial charge is 0.284 e. The number of para-hydroxylation sites is 1. The predicted molar refractivity (Wildman–Crippen MR) is 138 cm³/mol. The van der Waals surface area contributed by atoms with Crippen molar-refractivity contribution in [3.63, 3.8) is 0 Å². The zero-order valence-corrected chi connectivity index (χ0v) is 20.7. The van der Waals surface area contributed by atoms with Gasteiger partial charge in [-0.3, -0.25) is 19.3 Å². The van der Waals surface area contributed by atoms with E-state index >= 15 is 8.78 Å². The number of hydrogen-bond donors (Lipinski definition) is 1. The van der Waals surface area contributed by atoms with Gasteiger partial charge in [0.15, 0.2) is 11.6 Å². The fourth-order valence-corrected chi connectivity index (χ4v) is 4.16. The molecule has 0 saturated carbocycles. The third-order valence-electron chi connectivity index (χ3n) is 6.21. The van der Waals surface area contributed by atoms with Gasteiger partial charge < -0.3 is 14.8 Å². The summed E-state index contributed by atoms with van der Waals surface area (Å²) in [6.07, 6.45) is 1.48. The van der Waals surface area contributed by atoms with E-state index < -0.39 is 28.8 Å². The second kappa shape index (κ2) is 9.81. The van der Waals surface area contributed by atoms with E-state index in [0.717, 1.165) is 0 Å². The minimum Gasteiger partial charge on any atom is -0.497 e. The van der Waals surface area contributed by atoms with Crippen molar-refractivity contribution in [1.29, 1.82) is 0 Å². The minimum atomic E-state index is -1.33. The number of carbonyl (C=O) groups excluding carboxylic acids is 1. The van der Waals surface area contributed by atoms with Crippen molar-refractivity contribution in [3.05, 3.63) is 106 Å². The van der Waals surface area contributed by atoms with Crippen LogP contribution < -0.4 is 20.3 Å². The summed E-state index contributed by atoms with van der Waals surface area (Å²) in [5.41, 5.74) is 0.260. The highest BCUT2D eigenvalue weighted by Crippen LogP contribution is 2.34. The molecule has 0 atom stereocenters. The number of benzene rings is 3. The van der Waals surface area contributed by atoms with E-state index in [-0.39, 0.29) is 17.1 Å². The monoisotopic (exact) mass is 516 g/mol. The number of fused-ring (bicyclic) bond motifs is 1. The van der Waals surface area contributed by atoms with E-state index in [1.54, 1.807) is 62.5 Å². The van der Waals surface area contributed by atoms with Crippen molar-refractivity contribution in [2.75, 3.05) is 12.4 Å². The fraction of sp³-hybridized carbons (Fsp3) is 0.107. The van der Waals surface area contributed by atoms with Gasteiger partial charge in [-0.2, -0.15) is 4.39 Å². The Morgan fingerprint density at radius 2 is 1.74 bits per heavy atom. The Kier molecular flexibility index (Phi) is 6.38. The van der Waals surface area contributed by atoms with Crippen LogP contribution in [0.25, 0.3) is 16.6 Å². The van der Waals surface area contributed by atoms with Crippen molar-refractivity contribution in [2.45, 2.75) is 6.92 Å². The van der Waals surface area contributed by atoms with Gasteiger partial charge in [-0.1, -0.05) is 18.2 Å². The second-order valence-corrected chi connectivity index (χ2v) is 8.42. The van der Waals surface area contributed by atoms with Gasteiger partial charge in [0, 0.05) is 24.7 Å². The highest BCUT2D eigenvalue weighted by molar-refractivity contribution is 6.05. The quantitative estimate of drug-likeness (QED) is 0.328. The van der Waals surface area contributed by atoms with Gasteiger partial charge >= 0.3 is 0 Å². The Labute approximate surface area is 215 Å². The van der Waals surface area contributed by atoms with E-state index in [1.165, 1.54) is 40.9 Å². The van der Waals surface area contributed by atoms with E-state index in [1.807, 2.05) is 0 Å². The molecule has 0 aliphatic carbocycles. The van der Waals surface area contributed by atoms with Gasteiger partial charge in [0.05, 0.1) is 29.7 Å². The zero-order valence-electron chi connectivity index (χ0n) is 20.7. The van der Waals surface area contributed by atoms with Crippen LogP contribution in [0.3, 0.4) is 0 Å². The summed E-state index contributed by atoms with van der Waals surface area (Å²) in [5.74, 6) is -3.02. The lowest BCUT2D eigenvalue weighted by molar-refractivity contribution is 0.102. The number of pyridine rings is 1. The normalized spacial score (nSPS) is 11.0. The minimum absolute atomic E-state index is 0.185. The maximum absolute atomic E-state index is 15.0. The van der Waals surface area contributed by atoms with Crippen molar-refractivity contribution in [2.24, 2.45) is 7.05 Å². The number of methoxy groups -OCH3 is 1. The average Bonchev–Trinajstić information content (AvgIpc) is 3.15. The molecule has 5 rings (SSSR count). The first-order valence-corrected chi connectivity index (χ1v) is 11.5. The number of halogens is 2. The van der Waals surface area contributed by atoms with E-state index in [9.17, 15) is 9.59 Å². The molecule has 192 valence electrons.